The van der Waals surface area contributed by atoms with Crippen molar-refractivity contribution in [3.05, 3.63) is 0 Å². The van der Waals surface area contributed by atoms with Gasteiger partial charge < -0.3 is 29.8 Å². The first-order valence-electron chi connectivity index (χ1n) is 10.9. The molecule has 0 unspecified atom stereocenters. The molecule has 0 aromatic carbocycles. The van der Waals surface area contributed by atoms with Gasteiger partial charge in [-0.15, -0.1) is 0 Å². The van der Waals surface area contributed by atoms with Crippen molar-refractivity contribution >= 4 is 34.6 Å². The number of aliphatic hydroxyl groups is 2. The number of nitrogens with zero attached hydrogens (tertiary/aromatic N) is 8. The van der Waals surface area contributed by atoms with Gasteiger partial charge in [-0.3, -0.25) is 0 Å². The van der Waals surface area contributed by atoms with E-state index in [0.717, 1.165) is 74.5 Å². The van der Waals surface area contributed by atoms with Gasteiger partial charge in [0.05, 0.1) is 13.2 Å². The highest BCUT2D eigenvalue weighted by Gasteiger charge is 2.26. The van der Waals surface area contributed by atoms with E-state index in [9.17, 15) is 10.2 Å². The predicted octanol–water partition coefficient (Wildman–Crippen LogP) is 0.477. The summed E-state index contributed by atoms with van der Waals surface area (Å²) in [6.07, 6.45) is 4.53. The minimum absolute atomic E-state index is 0.0390. The van der Waals surface area contributed by atoms with E-state index in [1.54, 1.807) is 0 Å². The van der Waals surface area contributed by atoms with Gasteiger partial charge in [-0.25, -0.2) is 9.97 Å². The Bertz CT molecular complexity index is 796. The Morgan fingerprint density at radius 3 is 1.37 bits per heavy atom. The van der Waals surface area contributed by atoms with Crippen LogP contribution >= 0.6 is 0 Å². The topological polar surface area (TPSA) is 105 Å². The lowest BCUT2D eigenvalue weighted by Crippen LogP contribution is -2.29. The van der Waals surface area contributed by atoms with Crippen LogP contribution in [0.15, 0.2) is 0 Å². The molecule has 10 heteroatoms. The minimum atomic E-state index is 0.0390. The summed E-state index contributed by atoms with van der Waals surface area (Å²) >= 11 is 0. The summed E-state index contributed by atoms with van der Waals surface area (Å²) in [7, 11) is 3.79. The first kappa shape index (κ1) is 20.8. The Morgan fingerprint density at radius 1 is 0.667 bits per heavy atom. The van der Waals surface area contributed by atoms with Crippen LogP contribution in [0.5, 0.6) is 0 Å². The summed E-state index contributed by atoms with van der Waals surface area (Å²) in [6, 6.07) is 0. The first-order valence-corrected chi connectivity index (χ1v) is 10.9. The third kappa shape index (κ3) is 4.06. The van der Waals surface area contributed by atoms with Crippen LogP contribution in [0.3, 0.4) is 0 Å². The normalized spacial score (nSPS) is 16.7. The average Bonchev–Trinajstić information content (AvgIpc) is 3.46. The maximum atomic E-state index is 9.40. The lowest BCUT2D eigenvalue weighted by molar-refractivity contribution is 0.303. The fourth-order valence-electron chi connectivity index (χ4n) is 4.10. The third-order valence-corrected chi connectivity index (χ3v) is 5.85. The average molecular weight is 417 g/mol. The summed E-state index contributed by atoms with van der Waals surface area (Å²) in [5.74, 6) is 2.83. The van der Waals surface area contributed by atoms with Crippen molar-refractivity contribution in [3.8, 4) is 0 Å². The van der Waals surface area contributed by atoms with Gasteiger partial charge in [0.15, 0.2) is 11.6 Å². The maximum absolute atomic E-state index is 9.40. The summed E-state index contributed by atoms with van der Waals surface area (Å²) in [5.41, 5.74) is 1.52. The third-order valence-electron chi connectivity index (χ3n) is 5.85. The highest BCUT2D eigenvalue weighted by atomic mass is 16.3. The summed E-state index contributed by atoms with van der Waals surface area (Å²) in [5, 5.41) is 18.8. The molecule has 2 fully saturated rings. The van der Waals surface area contributed by atoms with Crippen LogP contribution in [0.1, 0.15) is 25.7 Å². The van der Waals surface area contributed by atoms with Crippen molar-refractivity contribution in [2.75, 3.05) is 86.2 Å². The molecule has 4 heterocycles. The largest absolute Gasteiger partial charge is 0.395 e. The number of hydrogen-bond acceptors (Lipinski definition) is 10. The molecule has 2 aromatic heterocycles. The Labute approximate surface area is 177 Å². The number of aliphatic hydroxyl groups excluding tert-OH is 2. The molecule has 0 aliphatic carbocycles. The second-order valence-electron chi connectivity index (χ2n) is 8.07. The van der Waals surface area contributed by atoms with Gasteiger partial charge in [0.25, 0.3) is 0 Å². The molecule has 2 aromatic rings. The van der Waals surface area contributed by atoms with Crippen molar-refractivity contribution < 1.29 is 10.2 Å². The Morgan fingerprint density at radius 2 is 1.03 bits per heavy atom. The molecule has 30 heavy (non-hydrogen) atoms. The van der Waals surface area contributed by atoms with Crippen LogP contribution in [-0.2, 0) is 0 Å². The molecule has 164 valence electrons. The van der Waals surface area contributed by atoms with Crippen molar-refractivity contribution in [3.63, 3.8) is 0 Å². The predicted molar refractivity (Wildman–Crippen MR) is 119 cm³/mol. The van der Waals surface area contributed by atoms with Gasteiger partial charge in [-0.05, 0) is 25.7 Å². The monoisotopic (exact) mass is 416 g/mol. The Hall–Kier alpha value is -2.46. The second-order valence-corrected chi connectivity index (χ2v) is 8.07. The number of fused-ring (bicyclic) bond motifs is 1. The van der Waals surface area contributed by atoms with Crippen LogP contribution in [0.2, 0.25) is 0 Å². The van der Waals surface area contributed by atoms with Gasteiger partial charge in [0.2, 0.25) is 11.9 Å². The van der Waals surface area contributed by atoms with Crippen molar-refractivity contribution in [2.24, 2.45) is 0 Å². The van der Waals surface area contributed by atoms with E-state index >= 15 is 0 Å². The van der Waals surface area contributed by atoms with Gasteiger partial charge in [-0.2, -0.15) is 9.97 Å². The van der Waals surface area contributed by atoms with Crippen molar-refractivity contribution in [1.29, 1.82) is 0 Å². The molecule has 0 atom stereocenters. The van der Waals surface area contributed by atoms with Crippen molar-refractivity contribution in [1.82, 2.24) is 19.9 Å². The van der Waals surface area contributed by atoms with Crippen LogP contribution in [0, 0.1) is 0 Å². The smallest absolute Gasteiger partial charge is 0.227 e. The zero-order valence-corrected chi connectivity index (χ0v) is 18.0. The van der Waals surface area contributed by atoms with E-state index in [1.807, 2.05) is 23.9 Å². The first-order chi connectivity index (χ1) is 14.6. The van der Waals surface area contributed by atoms with E-state index < -0.39 is 0 Å². The van der Waals surface area contributed by atoms with E-state index in [1.165, 1.54) is 0 Å². The van der Waals surface area contributed by atoms with E-state index in [0.29, 0.717) is 25.0 Å². The fourth-order valence-corrected chi connectivity index (χ4v) is 4.10. The molecule has 0 bridgehead atoms. The maximum Gasteiger partial charge on any atom is 0.227 e. The minimum Gasteiger partial charge on any atom is -0.395 e. The molecule has 4 rings (SSSR count). The Kier molecular flexibility index (Phi) is 6.33. The zero-order chi connectivity index (χ0) is 21.1. The van der Waals surface area contributed by atoms with Gasteiger partial charge in [0.1, 0.15) is 11.0 Å². The van der Waals surface area contributed by atoms with Crippen LogP contribution in [0.25, 0.3) is 11.0 Å². The SMILES string of the molecule is CN(CCO)c1nc(N2CCCC2)c2nc(N(C)CCO)nc(N3CCCC3)c2n1. The zero-order valence-electron chi connectivity index (χ0n) is 18.0. The van der Waals surface area contributed by atoms with Crippen molar-refractivity contribution in [2.45, 2.75) is 25.7 Å². The van der Waals surface area contributed by atoms with Crippen LogP contribution < -0.4 is 19.6 Å². The molecule has 2 saturated heterocycles. The molecule has 0 spiro atoms. The lowest BCUT2D eigenvalue weighted by atomic mass is 10.3. The van der Waals surface area contributed by atoms with E-state index in [-0.39, 0.29) is 13.2 Å². The number of rotatable bonds is 8. The summed E-state index contributed by atoms with van der Waals surface area (Å²) in [4.78, 5) is 27.8. The molecule has 0 amide bonds. The van der Waals surface area contributed by atoms with E-state index in [4.69, 9.17) is 19.9 Å². The molecular weight excluding hydrogens is 384 g/mol. The number of hydrogen-bond donors (Lipinski definition) is 2. The number of likely N-dealkylation sites (N-methyl/N-ethyl adjacent to an activating group) is 2. The molecule has 2 aliphatic heterocycles. The molecule has 2 aliphatic rings. The summed E-state index contributed by atoms with van der Waals surface area (Å²) in [6.45, 7) is 4.78. The number of anilines is 4. The fraction of sp³-hybridized carbons (Fsp3) is 0.700. The molecular formula is C20H32N8O2. The molecule has 2 N–H and O–H groups in total. The quantitative estimate of drug-likeness (QED) is 0.631. The number of aromatic nitrogens is 4. The van der Waals surface area contributed by atoms with Gasteiger partial charge in [-0.1, -0.05) is 0 Å². The van der Waals surface area contributed by atoms with Crippen LogP contribution in [-0.4, -0.2) is 96.7 Å². The van der Waals surface area contributed by atoms with E-state index in [2.05, 4.69) is 9.80 Å². The molecule has 0 saturated carbocycles. The van der Waals surface area contributed by atoms with Crippen LogP contribution in [0.4, 0.5) is 23.5 Å². The summed E-state index contributed by atoms with van der Waals surface area (Å²) < 4.78 is 0. The molecule has 10 nitrogen and oxygen atoms in total. The lowest BCUT2D eigenvalue weighted by Gasteiger charge is -2.26. The second kappa shape index (κ2) is 9.13. The van der Waals surface area contributed by atoms with Gasteiger partial charge >= 0.3 is 0 Å². The highest BCUT2D eigenvalue weighted by molar-refractivity contribution is 5.95. The Balaban J connectivity index is 1.92. The molecule has 0 radical (unpaired) electrons. The van der Waals surface area contributed by atoms with Gasteiger partial charge in [0, 0.05) is 53.4 Å². The highest BCUT2D eigenvalue weighted by Crippen LogP contribution is 2.34. The standard InChI is InChI=1S/C20H32N8O2/c1-25(11-13-29)19-21-15-16(17(23-19)27-7-3-4-8-27)22-20(26(2)12-14-30)24-18(15)28-9-5-6-10-28/h29-30H,3-14H2,1-2H3.